The van der Waals surface area contributed by atoms with Gasteiger partial charge in [0.15, 0.2) is 0 Å². The van der Waals surface area contributed by atoms with Gasteiger partial charge in [-0.3, -0.25) is 0 Å². The van der Waals surface area contributed by atoms with E-state index in [1.165, 1.54) is 0 Å². The second-order valence-corrected chi connectivity index (χ2v) is 13.3. The SMILES string of the molecule is O=S=N[Te](N=S=O)(c1c(F)c(F)c(F)c(F)c1F)c1c(F)c(F)c(F)c(F)c1F. The molecule has 0 aromatic heterocycles. The third-order valence-electron chi connectivity index (χ3n) is 3.18. The van der Waals surface area contributed by atoms with Gasteiger partial charge < -0.3 is 0 Å². The van der Waals surface area contributed by atoms with E-state index in [0.29, 0.717) is 0 Å². The van der Waals surface area contributed by atoms with Crippen LogP contribution in [-0.4, -0.2) is 27.1 Å². The molecular weight excluding hydrogens is 586 g/mol. The van der Waals surface area contributed by atoms with Gasteiger partial charge >= 0.3 is 165 Å². The first-order valence-corrected chi connectivity index (χ1v) is 12.2. The van der Waals surface area contributed by atoms with Gasteiger partial charge in [0.05, 0.1) is 0 Å². The first kappa shape index (κ1) is 23.4. The Morgan fingerprint density at radius 1 is 0.448 bits per heavy atom. The van der Waals surface area contributed by atoms with Gasteiger partial charge in [0.1, 0.15) is 0 Å². The minimum absolute atomic E-state index is 1.13. The summed E-state index contributed by atoms with van der Waals surface area (Å²) in [5, 5.41) is 0. The van der Waals surface area contributed by atoms with Crippen molar-refractivity contribution in [1.29, 1.82) is 0 Å². The van der Waals surface area contributed by atoms with Crippen molar-refractivity contribution < 1.29 is 52.3 Å². The Balaban J connectivity index is 3.28. The number of nitrogens with zero attached hydrogens (tertiary/aromatic N) is 2. The fourth-order valence-corrected chi connectivity index (χ4v) is 11.8. The third kappa shape index (κ3) is 3.49. The van der Waals surface area contributed by atoms with E-state index >= 15 is 0 Å². The topological polar surface area (TPSA) is 58.9 Å². The maximum atomic E-state index is 14.3. The van der Waals surface area contributed by atoms with Crippen LogP contribution in [0.25, 0.3) is 0 Å². The molecule has 0 N–H and O–H groups in total. The molecule has 0 heterocycles. The molecule has 0 aliphatic heterocycles. The number of halogens is 10. The summed E-state index contributed by atoms with van der Waals surface area (Å²) in [6.45, 7) is 0. The van der Waals surface area contributed by atoms with Gasteiger partial charge in [0, 0.05) is 0 Å². The van der Waals surface area contributed by atoms with Crippen molar-refractivity contribution in [3.05, 3.63) is 58.2 Å². The second-order valence-electron chi connectivity index (χ2n) is 4.65. The molecule has 2 aromatic carbocycles. The van der Waals surface area contributed by atoms with Gasteiger partial charge in [0.2, 0.25) is 0 Å². The van der Waals surface area contributed by atoms with Crippen LogP contribution >= 0.6 is 0 Å². The van der Waals surface area contributed by atoms with Gasteiger partial charge in [0.25, 0.3) is 0 Å². The zero-order valence-corrected chi connectivity index (χ0v) is 16.7. The van der Waals surface area contributed by atoms with E-state index in [0.717, 1.165) is 0 Å². The molecule has 0 radical (unpaired) electrons. The molecule has 2 rings (SSSR count). The van der Waals surface area contributed by atoms with E-state index < -0.39 is 107 Å². The summed E-state index contributed by atoms with van der Waals surface area (Å²) in [5.74, 6) is -27.4. The summed E-state index contributed by atoms with van der Waals surface area (Å²) in [5.41, 5.74) is 0. The average Bonchev–Trinajstić information content (AvgIpc) is 2.68. The average molecular weight is 586 g/mol. The Hall–Kier alpha value is -1.83. The van der Waals surface area contributed by atoms with Crippen LogP contribution in [0.5, 0.6) is 0 Å². The molecule has 0 aliphatic rings. The first-order chi connectivity index (χ1) is 13.5. The van der Waals surface area contributed by atoms with Crippen LogP contribution in [0, 0.1) is 58.2 Å². The number of hydrogen-bond acceptors (Lipinski definition) is 4. The molecule has 0 bridgehead atoms. The molecule has 0 atom stereocenters. The van der Waals surface area contributed by atoms with E-state index in [4.69, 9.17) is 0 Å². The number of hydrogen-bond donors (Lipinski definition) is 0. The summed E-state index contributed by atoms with van der Waals surface area (Å²) in [7, 11) is 0. The molecular formula is C12F10N2O2S2Te. The predicted octanol–water partition coefficient (Wildman–Crippen LogP) is 2.43. The van der Waals surface area contributed by atoms with Crippen molar-refractivity contribution in [2.75, 3.05) is 0 Å². The molecule has 17 heteroatoms. The zero-order valence-electron chi connectivity index (χ0n) is 12.7. The fourth-order valence-electron chi connectivity index (χ4n) is 2.02. The van der Waals surface area contributed by atoms with Gasteiger partial charge in [-0.05, 0) is 0 Å². The van der Waals surface area contributed by atoms with Crippen molar-refractivity contribution in [2.24, 2.45) is 5.23 Å². The van der Waals surface area contributed by atoms with E-state index in [9.17, 15) is 52.3 Å². The van der Waals surface area contributed by atoms with Gasteiger partial charge in [-0.25, -0.2) is 0 Å². The van der Waals surface area contributed by atoms with Crippen molar-refractivity contribution in [3.63, 3.8) is 0 Å². The Kier molecular flexibility index (Phi) is 6.87. The van der Waals surface area contributed by atoms with E-state index in [1.807, 2.05) is 0 Å². The standard InChI is InChI=1S/C12F10N2O2S2Te/c13-1-3(15)7(19)11(8(20)4(1)16)29(23-27-25,24-28-26)12-9(21)5(17)2(14)6(18)10(12)22. The normalized spacial score (nSPS) is 11.9. The van der Waals surface area contributed by atoms with Crippen LogP contribution in [0.1, 0.15) is 0 Å². The maximum absolute atomic E-state index is 14.3. The Labute approximate surface area is 164 Å². The van der Waals surface area contributed by atoms with Crippen molar-refractivity contribution in [1.82, 2.24) is 0 Å². The molecule has 0 aliphatic carbocycles. The molecule has 0 spiro atoms. The van der Waals surface area contributed by atoms with E-state index in [2.05, 4.69) is 5.23 Å². The third-order valence-corrected chi connectivity index (χ3v) is 13.8. The van der Waals surface area contributed by atoms with Crippen LogP contribution < -0.4 is 7.22 Å². The number of rotatable bonds is 4. The van der Waals surface area contributed by atoms with Crippen LogP contribution in [0.3, 0.4) is 0 Å². The molecule has 0 saturated carbocycles. The minimum atomic E-state index is -6.87. The van der Waals surface area contributed by atoms with Crippen LogP contribution in [0.15, 0.2) is 5.23 Å². The molecule has 0 saturated heterocycles. The summed E-state index contributed by atoms with van der Waals surface area (Å²) in [6, 6.07) is 0. The van der Waals surface area contributed by atoms with Crippen molar-refractivity contribution >= 4 is 48.9 Å². The second kappa shape index (κ2) is 8.50. The van der Waals surface area contributed by atoms with E-state index in [-0.39, 0.29) is 0 Å². The molecule has 0 fully saturated rings. The number of benzene rings is 2. The zero-order chi connectivity index (χ0) is 22.3. The predicted molar refractivity (Wildman–Crippen MR) is 78.6 cm³/mol. The molecule has 0 unspecified atom stereocenters. The summed E-state index contributed by atoms with van der Waals surface area (Å²) in [4.78, 5) is 0. The molecule has 29 heavy (non-hydrogen) atoms. The van der Waals surface area contributed by atoms with Crippen molar-refractivity contribution in [3.8, 4) is 0 Å². The Bertz CT molecular complexity index is 1000. The molecule has 2 aromatic rings. The first-order valence-electron chi connectivity index (χ1n) is 6.36. The quantitative estimate of drug-likeness (QED) is 0.240. The summed E-state index contributed by atoms with van der Waals surface area (Å²) >= 11 is -9.12. The Morgan fingerprint density at radius 3 is 0.862 bits per heavy atom. The van der Waals surface area contributed by atoms with Crippen LogP contribution in [0.2, 0.25) is 0 Å². The van der Waals surface area contributed by atoms with Crippen molar-refractivity contribution in [2.45, 2.75) is 0 Å². The van der Waals surface area contributed by atoms with Crippen LogP contribution in [-0.2, 0) is 22.9 Å². The van der Waals surface area contributed by atoms with Gasteiger partial charge in [-0.2, -0.15) is 0 Å². The summed E-state index contributed by atoms with van der Waals surface area (Å²) < 4.78 is 161. The Morgan fingerprint density at radius 2 is 0.655 bits per heavy atom. The fraction of sp³-hybridized carbons (Fsp3) is 0. The van der Waals surface area contributed by atoms with E-state index in [1.54, 1.807) is 0 Å². The summed E-state index contributed by atoms with van der Waals surface area (Å²) in [6.07, 6.45) is 0. The molecule has 0 amide bonds. The van der Waals surface area contributed by atoms with Crippen LogP contribution in [0.4, 0.5) is 43.9 Å². The molecule has 158 valence electrons. The monoisotopic (exact) mass is 588 g/mol. The van der Waals surface area contributed by atoms with Gasteiger partial charge in [-0.1, -0.05) is 0 Å². The van der Waals surface area contributed by atoms with Gasteiger partial charge in [-0.15, -0.1) is 0 Å². The molecule has 4 nitrogen and oxygen atoms in total.